The number of amides is 1. The average molecular weight is 244 g/mol. The van der Waals surface area contributed by atoms with E-state index >= 15 is 0 Å². The van der Waals surface area contributed by atoms with Crippen LogP contribution >= 0.6 is 0 Å². The molecule has 1 heterocycles. The van der Waals surface area contributed by atoms with Gasteiger partial charge >= 0.3 is 0 Å². The summed E-state index contributed by atoms with van der Waals surface area (Å²) in [6.07, 6.45) is 2.22. The zero-order valence-corrected chi connectivity index (χ0v) is 10.9. The molecule has 1 aliphatic heterocycles. The number of carbonyl (C=O) groups excluding carboxylic acids is 1. The van der Waals surface area contributed by atoms with Crippen LogP contribution in [0.4, 0.5) is 5.69 Å². The molecule has 0 spiro atoms. The molecule has 0 N–H and O–H groups in total. The third-order valence-electron chi connectivity index (χ3n) is 3.92. The summed E-state index contributed by atoms with van der Waals surface area (Å²) in [4.78, 5) is 16.4. The minimum atomic E-state index is 0.357. The van der Waals surface area contributed by atoms with Gasteiger partial charge in [0.2, 0.25) is 5.91 Å². The molecule has 1 aromatic carbocycles. The first kappa shape index (κ1) is 11.6. The molecule has 0 unspecified atom stereocenters. The highest BCUT2D eigenvalue weighted by Crippen LogP contribution is 2.31. The molecule has 1 aliphatic carbocycles. The highest BCUT2D eigenvalue weighted by Gasteiger charge is 2.34. The highest BCUT2D eigenvalue weighted by molar-refractivity contribution is 5.81. The van der Waals surface area contributed by atoms with Crippen molar-refractivity contribution in [1.29, 1.82) is 0 Å². The first-order valence-electron chi connectivity index (χ1n) is 6.84. The third-order valence-corrected chi connectivity index (χ3v) is 3.92. The molecule has 18 heavy (non-hydrogen) atoms. The molecule has 2 aliphatic rings. The molecule has 3 heteroatoms. The Labute approximate surface area is 108 Å². The second kappa shape index (κ2) is 4.63. The molecule has 1 saturated heterocycles. The summed E-state index contributed by atoms with van der Waals surface area (Å²) in [5.41, 5.74) is 2.57. The summed E-state index contributed by atoms with van der Waals surface area (Å²) in [6, 6.07) is 8.65. The van der Waals surface area contributed by atoms with Gasteiger partial charge in [-0.2, -0.15) is 0 Å². The van der Waals surface area contributed by atoms with E-state index in [0.717, 1.165) is 39.0 Å². The zero-order valence-electron chi connectivity index (χ0n) is 10.9. The Morgan fingerprint density at radius 3 is 2.22 bits per heavy atom. The van der Waals surface area contributed by atoms with Crippen molar-refractivity contribution in [3.8, 4) is 0 Å². The van der Waals surface area contributed by atoms with Crippen molar-refractivity contribution in [2.24, 2.45) is 5.92 Å². The quantitative estimate of drug-likeness (QED) is 0.795. The Balaban J connectivity index is 1.59. The Morgan fingerprint density at radius 2 is 1.67 bits per heavy atom. The van der Waals surface area contributed by atoms with Crippen molar-refractivity contribution < 1.29 is 4.79 Å². The van der Waals surface area contributed by atoms with Crippen LogP contribution in [0.15, 0.2) is 24.3 Å². The van der Waals surface area contributed by atoms with E-state index in [-0.39, 0.29) is 0 Å². The summed E-state index contributed by atoms with van der Waals surface area (Å²) in [7, 11) is 0. The van der Waals surface area contributed by atoms with Crippen LogP contribution < -0.4 is 4.90 Å². The van der Waals surface area contributed by atoms with E-state index in [1.165, 1.54) is 11.3 Å². The van der Waals surface area contributed by atoms with Crippen LogP contribution in [0.3, 0.4) is 0 Å². The number of hydrogen-bond acceptors (Lipinski definition) is 2. The smallest absolute Gasteiger partial charge is 0.225 e. The molecule has 1 aromatic rings. The number of anilines is 1. The molecule has 0 bridgehead atoms. The second-order valence-corrected chi connectivity index (χ2v) is 5.42. The predicted octanol–water partition coefficient (Wildman–Crippen LogP) is 2.05. The lowest BCUT2D eigenvalue weighted by Crippen LogP contribution is -2.49. The van der Waals surface area contributed by atoms with Gasteiger partial charge in [-0.05, 0) is 31.9 Å². The zero-order chi connectivity index (χ0) is 12.5. The summed E-state index contributed by atoms with van der Waals surface area (Å²) in [6.45, 7) is 5.78. The average Bonchev–Trinajstić information content (AvgIpc) is 3.23. The van der Waals surface area contributed by atoms with Gasteiger partial charge in [0.05, 0.1) is 0 Å². The van der Waals surface area contributed by atoms with Crippen LogP contribution in [0.1, 0.15) is 18.4 Å². The fraction of sp³-hybridized carbons (Fsp3) is 0.533. The monoisotopic (exact) mass is 244 g/mol. The molecule has 1 amide bonds. The van der Waals surface area contributed by atoms with Crippen LogP contribution in [0.2, 0.25) is 0 Å². The minimum Gasteiger partial charge on any atom is -0.368 e. The number of rotatable bonds is 2. The van der Waals surface area contributed by atoms with Gasteiger partial charge in [0.1, 0.15) is 0 Å². The maximum atomic E-state index is 12.0. The molecular formula is C15H20N2O. The summed E-state index contributed by atoms with van der Waals surface area (Å²) in [5, 5.41) is 0. The Hall–Kier alpha value is -1.51. The summed E-state index contributed by atoms with van der Waals surface area (Å²) >= 11 is 0. The van der Waals surface area contributed by atoms with Gasteiger partial charge in [-0.25, -0.2) is 0 Å². The van der Waals surface area contributed by atoms with Gasteiger partial charge in [-0.3, -0.25) is 4.79 Å². The van der Waals surface area contributed by atoms with Crippen LogP contribution in [-0.2, 0) is 4.79 Å². The Bertz CT molecular complexity index is 428. The lowest BCUT2D eigenvalue weighted by molar-refractivity contribution is -0.132. The van der Waals surface area contributed by atoms with Crippen molar-refractivity contribution in [3.05, 3.63) is 29.8 Å². The van der Waals surface area contributed by atoms with Gasteiger partial charge in [0.25, 0.3) is 0 Å². The van der Waals surface area contributed by atoms with E-state index in [0.29, 0.717) is 11.8 Å². The molecule has 3 rings (SSSR count). The normalized spacial score (nSPS) is 20.1. The van der Waals surface area contributed by atoms with E-state index in [1.54, 1.807) is 0 Å². The van der Waals surface area contributed by atoms with Crippen LogP contribution in [0, 0.1) is 12.8 Å². The molecule has 1 saturated carbocycles. The maximum Gasteiger partial charge on any atom is 0.225 e. The number of benzene rings is 1. The standard InChI is InChI=1S/C15H20N2O/c1-12-2-6-14(7-3-12)16-8-10-17(11-9-16)15(18)13-4-5-13/h2-3,6-7,13H,4-5,8-11H2,1H3. The summed E-state index contributed by atoms with van der Waals surface area (Å²) < 4.78 is 0. The van der Waals surface area contributed by atoms with Gasteiger partial charge in [-0.15, -0.1) is 0 Å². The van der Waals surface area contributed by atoms with Gasteiger partial charge in [0, 0.05) is 37.8 Å². The lowest BCUT2D eigenvalue weighted by atomic mass is 10.2. The van der Waals surface area contributed by atoms with Crippen molar-refractivity contribution in [2.45, 2.75) is 19.8 Å². The van der Waals surface area contributed by atoms with Crippen molar-refractivity contribution in [3.63, 3.8) is 0 Å². The van der Waals surface area contributed by atoms with E-state index in [2.05, 4.69) is 36.1 Å². The first-order chi connectivity index (χ1) is 8.74. The number of carbonyl (C=O) groups is 1. The highest BCUT2D eigenvalue weighted by atomic mass is 16.2. The van der Waals surface area contributed by atoms with Crippen LogP contribution in [-0.4, -0.2) is 37.0 Å². The molecule has 0 atom stereocenters. The van der Waals surface area contributed by atoms with Crippen LogP contribution in [0.5, 0.6) is 0 Å². The molecular weight excluding hydrogens is 224 g/mol. The topological polar surface area (TPSA) is 23.6 Å². The Morgan fingerprint density at radius 1 is 1.06 bits per heavy atom. The molecule has 0 radical (unpaired) electrons. The summed E-state index contributed by atoms with van der Waals surface area (Å²) in [5.74, 6) is 0.745. The molecule has 3 nitrogen and oxygen atoms in total. The van der Waals surface area contributed by atoms with E-state index in [4.69, 9.17) is 0 Å². The molecule has 96 valence electrons. The first-order valence-corrected chi connectivity index (χ1v) is 6.84. The van der Waals surface area contributed by atoms with Gasteiger partial charge in [-0.1, -0.05) is 17.7 Å². The van der Waals surface area contributed by atoms with Crippen molar-refractivity contribution in [1.82, 2.24) is 4.90 Å². The Kier molecular flexibility index (Phi) is 2.98. The maximum absolute atomic E-state index is 12.0. The van der Waals surface area contributed by atoms with E-state index in [1.807, 2.05) is 4.90 Å². The second-order valence-electron chi connectivity index (χ2n) is 5.42. The number of hydrogen-bond donors (Lipinski definition) is 0. The number of nitrogens with zero attached hydrogens (tertiary/aromatic N) is 2. The van der Waals surface area contributed by atoms with Crippen LogP contribution in [0.25, 0.3) is 0 Å². The number of aryl methyl sites for hydroxylation is 1. The minimum absolute atomic E-state index is 0.357. The van der Waals surface area contributed by atoms with Gasteiger partial charge < -0.3 is 9.80 Å². The molecule has 2 fully saturated rings. The largest absolute Gasteiger partial charge is 0.368 e. The van der Waals surface area contributed by atoms with E-state index in [9.17, 15) is 4.79 Å². The SMILES string of the molecule is Cc1ccc(N2CCN(C(=O)C3CC3)CC2)cc1. The third kappa shape index (κ3) is 2.35. The fourth-order valence-corrected chi connectivity index (χ4v) is 2.53. The van der Waals surface area contributed by atoms with E-state index < -0.39 is 0 Å². The number of piperazine rings is 1. The fourth-order valence-electron chi connectivity index (χ4n) is 2.53. The van der Waals surface area contributed by atoms with Crippen molar-refractivity contribution in [2.75, 3.05) is 31.1 Å². The predicted molar refractivity (Wildman–Crippen MR) is 72.7 cm³/mol. The van der Waals surface area contributed by atoms with Gasteiger partial charge in [0.15, 0.2) is 0 Å². The lowest BCUT2D eigenvalue weighted by Gasteiger charge is -2.36. The van der Waals surface area contributed by atoms with Crippen molar-refractivity contribution >= 4 is 11.6 Å². The molecule has 0 aromatic heterocycles.